The molecule has 0 radical (unpaired) electrons. The molecule has 198 valence electrons. The van der Waals surface area contributed by atoms with Gasteiger partial charge in [0.2, 0.25) is 5.91 Å². The summed E-state index contributed by atoms with van der Waals surface area (Å²) in [5.74, 6) is -4.52. The molecule has 0 aliphatic carbocycles. The predicted molar refractivity (Wildman–Crippen MR) is 127 cm³/mol. The van der Waals surface area contributed by atoms with Crippen molar-refractivity contribution in [2.45, 2.75) is 38.0 Å². The minimum absolute atomic E-state index is 0.0253. The number of rotatable bonds is 13. The molecule has 3 atom stereocenters. The van der Waals surface area contributed by atoms with E-state index in [1.165, 1.54) is 12.1 Å². The van der Waals surface area contributed by atoms with Gasteiger partial charge in [0.25, 0.3) is 5.69 Å². The van der Waals surface area contributed by atoms with Gasteiger partial charge in [-0.1, -0.05) is 42.5 Å². The molecule has 0 aliphatic heterocycles. The average molecular weight is 517 g/mol. The molecule has 13 heteroatoms. The number of benzene rings is 2. The number of carbonyl (C=O) groups excluding carboxylic acids is 3. The van der Waals surface area contributed by atoms with Crippen LogP contribution in [0.1, 0.15) is 30.4 Å². The minimum atomic E-state index is -1.71. The molecule has 37 heavy (non-hydrogen) atoms. The number of amides is 2. The number of hydrogen-bond acceptors (Lipinski definition) is 9. The largest absolute Gasteiger partial charge is 0.480 e. The lowest BCUT2D eigenvalue weighted by Gasteiger charge is -2.26. The number of carbonyl (C=O) groups is 4. The molecule has 0 bridgehead atoms. The van der Waals surface area contributed by atoms with Crippen molar-refractivity contribution in [3.8, 4) is 0 Å². The Morgan fingerprint density at radius 3 is 2.19 bits per heavy atom. The second kappa shape index (κ2) is 14.1. The van der Waals surface area contributed by atoms with Gasteiger partial charge >= 0.3 is 18.0 Å². The maximum Gasteiger partial charge on any atom is 0.408 e. The zero-order valence-electron chi connectivity index (χ0n) is 19.9. The van der Waals surface area contributed by atoms with E-state index in [1.54, 1.807) is 37.3 Å². The van der Waals surface area contributed by atoms with Crippen LogP contribution < -0.4 is 10.6 Å². The standard InChI is InChI=1S/C24H27N3O10/c1-2-36-20(29)12-18(16-8-10-17(11-9-16)27(34)35)21(23(31)32)26-22(30)19(13-28)25-24(33)37-14-15-6-4-3-5-7-15/h3-11,18-19,21,28H,2,12-14H2,1H3,(H,25,33)(H,26,30)(H,31,32)/t18-,19+,21+/m1/s1. The summed E-state index contributed by atoms with van der Waals surface area (Å²) < 4.78 is 9.93. The number of aliphatic hydroxyl groups is 1. The van der Waals surface area contributed by atoms with Crippen molar-refractivity contribution in [3.63, 3.8) is 0 Å². The Kier molecular flexibility index (Phi) is 11.0. The molecule has 0 aliphatic rings. The van der Waals surface area contributed by atoms with Crippen LogP contribution in [0.25, 0.3) is 0 Å². The van der Waals surface area contributed by atoms with Crippen molar-refractivity contribution in [2.24, 2.45) is 0 Å². The lowest BCUT2D eigenvalue weighted by molar-refractivity contribution is -0.384. The molecule has 0 aromatic heterocycles. The predicted octanol–water partition coefficient (Wildman–Crippen LogP) is 1.49. The Morgan fingerprint density at radius 2 is 1.65 bits per heavy atom. The van der Waals surface area contributed by atoms with Gasteiger partial charge in [0.05, 0.1) is 24.6 Å². The quantitative estimate of drug-likeness (QED) is 0.172. The molecular weight excluding hydrogens is 490 g/mol. The molecule has 2 aromatic carbocycles. The maximum atomic E-state index is 12.8. The third kappa shape index (κ3) is 8.89. The second-order valence-corrected chi connectivity index (χ2v) is 7.73. The Morgan fingerprint density at radius 1 is 1.00 bits per heavy atom. The number of nitrogens with one attached hydrogen (secondary N) is 2. The number of alkyl carbamates (subject to hydrolysis) is 1. The average Bonchev–Trinajstić information content (AvgIpc) is 2.88. The zero-order valence-corrected chi connectivity index (χ0v) is 19.9. The van der Waals surface area contributed by atoms with Gasteiger partial charge in [0.1, 0.15) is 18.7 Å². The SMILES string of the molecule is CCOC(=O)C[C@H](c1ccc([N+](=O)[O-])cc1)[C@H](NC(=O)[C@H](CO)NC(=O)OCc1ccccc1)C(=O)O. The van der Waals surface area contributed by atoms with Crippen molar-refractivity contribution < 1.29 is 43.8 Å². The summed E-state index contributed by atoms with van der Waals surface area (Å²) in [5.41, 5.74) is 0.633. The molecule has 0 spiro atoms. The summed E-state index contributed by atoms with van der Waals surface area (Å²) in [6.07, 6.45) is -1.50. The number of esters is 1. The minimum Gasteiger partial charge on any atom is -0.480 e. The van der Waals surface area contributed by atoms with Crippen LogP contribution in [0.15, 0.2) is 54.6 Å². The molecule has 0 unspecified atom stereocenters. The molecule has 0 saturated heterocycles. The monoisotopic (exact) mass is 517 g/mol. The summed E-state index contributed by atoms with van der Waals surface area (Å²) in [4.78, 5) is 59.5. The number of nitro benzene ring substituents is 1. The highest BCUT2D eigenvalue weighted by Crippen LogP contribution is 2.27. The molecule has 2 amide bonds. The van der Waals surface area contributed by atoms with Crippen LogP contribution in [0, 0.1) is 10.1 Å². The number of nitro groups is 1. The summed E-state index contributed by atoms with van der Waals surface area (Å²) in [6.45, 7) is 0.603. The maximum absolute atomic E-state index is 12.8. The molecule has 2 aromatic rings. The zero-order chi connectivity index (χ0) is 27.4. The molecule has 0 heterocycles. The van der Waals surface area contributed by atoms with Gasteiger partial charge in [-0.25, -0.2) is 9.59 Å². The van der Waals surface area contributed by atoms with E-state index in [9.17, 15) is 39.5 Å². The van der Waals surface area contributed by atoms with Gasteiger partial charge in [-0.2, -0.15) is 0 Å². The number of ether oxygens (including phenoxy) is 2. The van der Waals surface area contributed by atoms with E-state index in [4.69, 9.17) is 9.47 Å². The normalized spacial score (nSPS) is 12.9. The van der Waals surface area contributed by atoms with Gasteiger partial charge in [-0.15, -0.1) is 0 Å². The highest BCUT2D eigenvalue weighted by atomic mass is 16.6. The van der Waals surface area contributed by atoms with Crippen LogP contribution in [-0.4, -0.2) is 64.4 Å². The summed E-state index contributed by atoms with van der Waals surface area (Å²) in [6, 6.07) is 10.2. The number of carboxylic acid groups (broad SMARTS) is 1. The molecule has 0 saturated carbocycles. The third-order valence-corrected chi connectivity index (χ3v) is 5.19. The van der Waals surface area contributed by atoms with Crippen LogP contribution in [0.2, 0.25) is 0 Å². The van der Waals surface area contributed by atoms with E-state index in [0.29, 0.717) is 5.56 Å². The van der Waals surface area contributed by atoms with Crippen molar-refractivity contribution in [1.29, 1.82) is 0 Å². The smallest absolute Gasteiger partial charge is 0.408 e. The number of non-ortho nitro benzene ring substituents is 1. The van der Waals surface area contributed by atoms with E-state index in [1.807, 2.05) is 0 Å². The fourth-order valence-corrected chi connectivity index (χ4v) is 3.36. The van der Waals surface area contributed by atoms with Crippen LogP contribution in [0.4, 0.5) is 10.5 Å². The second-order valence-electron chi connectivity index (χ2n) is 7.73. The van der Waals surface area contributed by atoms with Crippen molar-refractivity contribution in [3.05, 3.63) is 75.8 Å². The number of hydrogen-bond donors (Lipinski definition) is 4. The topological polar surface area (TPSA) is 194 Å². The van der Waals surface area contributed by atoms with E-state index in [0.717, 1.165) is 12.1 Å². The van der Waals surface area contributed by atoms with Gasteiger partial charge in [0.15, 0.2) is 0 Å². The molecule has 0 fully saturated rings. The molecule has 13 nitrogen and oxygen atoms in total. The van der Waals surface area contributed by atoms with E-state index in [-0.39, 0.29) is 24.5 Å². The third-order valence-electron chi connectivity index (χ3n) is 5.19. The van der Waals surface area contributed by atoms with Crippen LogP contribution in [-0.2, 0) is 30.5 Å². The lowest BCUT2D eigenvalue weighted by Crippen LogP contribution is -2.54. The first-order valence-electron chi connectivity index (χ1n) is 11.2. The van der Waals surface area contributed by atoms with Crippen LogP contribution in [0.5, 0.6) is 0 Å². The van der Waals surface area contributed by atoms with E-state index >= 15 is 0 Å². The van der Waals surface area contributed by atoms with E-state index < -0.39 is 59.9 Å². The van der Waals surface area contributed by atoms with Crippen LogP contribution in [0.3, 0.4) is 0 Å². The summed E-state index contributed by atoms with van der Waals surface area (Å²) >= 11 is 0. The Balaban J connectivity index is 2.18. The Labute approximate surface area is 211 Å². The number of aliphatic carboxylic acids is 1. The Bertz CT molecular complexity index is 1090. The van der Waals surface area contributed by atoms with Gasteiger partial charge in [-0.05, 0) is 18.1 Å². The fourth-order valence-electron chi connectivity index (χ4n) is 3.36. The number of aliphatic hydroxyl groups excluding tert-OH is 1. The summed E-state index contributed by atoms with van der Waals surface area (Å²) in [5, 5.41) is 34.8. The lowest BCUT2D eigenvalue weighted by atomic mass is 9.88. The Hall–Kier alpha value is -4.52. The van der Waals surface area contributed by atoms with Gasteiger partial charge in [0, 0.05) is 18.1 Å². The fraction of sp³-hybridized carbons (Fsp3) is 0.333. The summed E-state index contributed by atoms with van der Waals surface area (Å²) in [7, 11) is 0. The number of carboxylic acids is 1. The highest BCUT2D eigenvalue weighted by Gasteiger charge is 2.35. The molecule has 2 rings (SSSR count). The van der Waals surface area contributed by atoms with Crippen molar-refractivity contribution in [2.75, 3.05) is 13.2 Å². The van der Waals surface area contributed by atoms with Gasteiger partial charge < -0.3 is 30.3 Å². The highest BCUT2D eigenvalue weighted by molar-refractivity contribution is 5.90. The molecule has 4 N–H and O–H groups in total. The number of nitrogens with zero attached hydrogens (tertiary/aromatic N) is 1. The van der Waals surface area contributed by atoms with Crippen molar-refractivity contribution in [1.82, 2.24) is 10.6 Å². The van der Waals surface area contributed by atoms with E-state index in [2.05, 4.69) is 10.6 Å². The first-order chi connectivity index (χ1) is 17.7. The first-order valence-corrected chi connectivity index (χ1v) is 11.2. The first kappa shape index (κ1) is 28.7. The van der Waals surface area contributed by atoms with Crippen LogP contribution >= 0.6 is 0 Å². The van der Waals surface area contributed by atoms with Gasteiger partial charge in [-0.3, -0.25) is 19.7 Å². The molecular formula is C24H27N3O10. The van der Waals surface area contributed by atoms with Crippen molar-refractivity contribution >= 4 is 29.6 Å².